The summed E-state index contributed by atoms with van der Waals surface area (Å²) >= 11 is 0. The van der Waals surface area contributed by atoms with Gasteiger partial charge >= 0.3 is 5.97 Å². The highest BCUT2D eigenvalue weighted by molar-refractivity contribution is 5.70. The van der Waals surface area contributed by atoms with E-state index in [4.69, 9.17) is 10.5 Å². The molecule has 1 aromatic rings. The lowest BCUT2D eigenvalue weighted by atomic mass is 10.2. The summed E-state index contributed by atoms with van der Waals surface area (Å²) in [7, 11) is 0. The van der Waals surface area contributed by atoms with Gasteiger partial charge in [-0.2, -0.15) is 0 Å². The summed E-state index contributed by atoms with van der Waals surface area (Å²) in [5, 5.41) is 0. The Morgan fingerprint density at radius 1 is 1.38 bits per heavy atom. The third-order valence-electron chi connectivity index (χ3n) is 2.10. The standard InChI is InChI=1S/C12H15NO3/c13-11(8-14)6-7-12(15)16-9-10-4-2-1-3-5-10/h1-5,8,11H,6-7,9,13H2/t11-/m0/s1. The summed E-state index contributed by atoms with van der Waals surface area (Å²) in [6.45, 7) is 0.260. The van der Waals surface area contributed by atoms with Gasteiger partial charge in [-0.05, 0) is 12.0 Å². The number of hydrogen-bond donors (Lipinski definition) is 1. The molecule has 1 rings (SSSR count). The van der Waals surface area contributed by atoms with Crippen LogP contribution in [0.15, 0.2) is 30.3 Å². The lowest BCUT2D eigenvalue weighted by Gasteiger charge is -2.05. The first-order valence-electron chi connectivity index (χ1n) is 5.13. The van der Waals surface area contributed by atoms with Crippen LogP contribution in [0.4, 0.5) is 0 Å². The number of rotatable bonds is 6. The third-order valence-corrected chi connectivity index (χ3v) is 2.10. The largest absolute Gasteiger partial charge is 0.461 e. The summed E-state index contributed by atoms with van der Waals surface area (Å²) in [4.78, 5) is 21.5. The summed E-state index contributed by atoms with van der Waals surface area (Å²) in [6.07, 6.45) is 1.13. The second-order valence-electron chi connectivity index (χ2n) is 3.48. The number of carbonyl (C=O) groups excluding carboxylic acids is 2. The van der Waals surface area contributed by atoms with Crippen molar-refractivity contribution in [1.82, 2.24) is 0 Å². The van der Waals surface area contributed by atoms with Crippen LogP contribution in [0.25, 0.3) is 0 Å². The fourth-order valence-corrected chi connectivity index (χ4v) is 1.16. The molecule has 4 heteroatoms. The van der Waals surface area contributed by atoms with Gasteiger partial charge in [-0.15, -0.1) is 0 Å². The zero-order valence-corrected chi connectivity index (χ0v) is 8.96. The smallest absolute Gasteiger partial charge is 0.306 e. The van der Waals surface area contributed by atoms with Crippen LogP contribution in [0.1, 0.15) is 18.4 Å². The summed E-state index contributed by atoms with van der Waals surface area (Å²) < 4.78 is 5.01. The predicted molar refractivity (Wildman–Crippen MR) is 59.5 cm³/mol. The number of hydrogen-bond acceptors (Lipinski definition) is 4. The van der Waals surface area contributed by atoms with Crippen LogP contribution in [0.5, 0.6) is 0 Å². The molecule has 0 aliphatic rings. The van der Waals surface area contributed by atoms with Crippen molar-refractivity contribution in [2.75, 3.05) is 0 Å². The molecule has 0 bridgehead atoms. The van der Waals surface area contributed by atoms with E-state index in [1.54, 1.807) is 0 Å². The highest BCUT2D eigenvalue weighted by Crippen LogP contribution is 2.03. The average molecular weight is 221 g/mol. The van der Waals surface area contributed by atoms with Crippen LogP contribution in [-0.2, 0) is 20.9 Å². The normalized spacial score (nSPS) is 11.8. The molecule has 0 aromatic heterocycles. The quantitative estimate of drug-likeness (QED) is 0.575. The van der Waals surface area contributed by atoms with E-state index >= 15 is 0 Å². The van der Waals surface area contributed by atoms with Crippen LogP contribution >= 0.6 is 0 Å². The van der Waals surface area contributed by atoms with Gasteiger partial charge in [-0.3, -0.25) is 4.79 Å². The van der Waals surface area contributed by atoms with Gasteiger partial charge in [-0.1, -0.05) is 30.3 Å². The van der Waals surface area contributed by atoms with Crippen molar-refractivity contribution >= 4 is 12.3 Å². The molecule has 0 saturated heterocycles. The molecule has 0 unspecified atom stereocenters. The second kappa shape index (κ2) is 6.74. The minimum absolute atomic E-state index is 0.173. The number of ether oxygens (including phenoxy) is 1. The van der Waals surface area contributed by atoms with E-state index in [-0.39, 0.29) is 19.0 Å². The van der Waals surface area contributed by atoms with Crippen LogP contribution < -0.4 is 5.73 Å². The Morgan fingerprint density at radius 3 is 2.69 bits per heavy atom. The topological polar surface area (TPSA) is 69.4 Å². The minimum atomic E-state index is -0.579. The van der Waals surface area contributed by atoms with Crippen molar-refractivity contribution in [3.63, 3.8) is 0 Å². The number of esters is 1. The van der Waals surface area contributed by atoms with Gasteiger partial charge in [0.25, 0.3) is 0 Å². The van der Waals surface area contributed by atoms with E-state index in [1.165, 1.54) is 0 Å². The van der Waals surface area contributed by atoms with E-state index < -0.39 is 6.04 Å². The molecule has 0 amide bonds. The van der Waals surface area contributed by atoms with Crippen molar-refractivity contribution in [2.45, 2.75) is 25.5 Å². The SMILES string of the molecule is N[C@H](C=O)CCC(=O)OCc1ccccc1. The van der Waals surface area contributed by atoms with Gasteiger partial charge < -0.3 is 15.3 Å². The highest BCUT2D eigenvalue weighted by Gasteiger charge is 2.07. The van der Waals surface area contributed by atoms with Crippen LogP contribution in [0, 0.1) is 0 Å². The van der Waals surface area contributed by atoms with Crippen LogP contribution in [0.2, 0.25) is 0 Å². The molecular weight excluding hydrogens is 206 g/mol. The number of nitrogens with two attached hydrogens (primary N) is 1. The molecular formula is C12H15NO3. The van der Waals surface area contributed by atoms with E-state index in [0.29, 0.717) is 12.7 Å². The fraction of sp³-hybridized carbons (Fsp3) is 0.333. The molecule has 0 radical (unpaired) electrons. The van der Waals surface area contributed by atoms with Crippen molar-refractivity contribution < 1.29 is 14.3 Å². The molecule has 0 aliphatic heterocycles. The summed E-state index contributed by atoms with van der Waals surface area (Å²) in [5.41, 5.74) is 6.29. The van der Waals surface area contributed by atoms with E-state index in [9.17, 15) is 9.59 Å². The van der Waals surface area contributed by atoms with E-state index in [2.05, 4.69) is 0 Å². The number of aldehydes is 1. The lowest BCUT2D eigenvalue weighted by Crippen LogP contribution is -2.22. The van der Waals surface area contributed by atoms with Gasteiger partial charge in [0.2, 0.25) is 0 Å². The average Bonchev–Trinajstić information content (AvgIpc) is 2.34. The number of carbonyl (C=O) groups is 2. The fourth-order valence-electron chi connectivity index (χ4n) is 1.16. The van der Waals surface area contributed by atoms with Crippen molar-refractivity contribution in [3.05, 3.63) is 35.9 Å². The molecule has 4 nitrogen and oxygen atoms in total. The van der Waals surface area contributed by atoms with Gasteiger partial charge in [0.05, 0.1) is 6.04 Å². The van der Waals surface area contributed by atoms with Crippen molar-refractivity contribution in [1.29, 1.82) is 0 Å². The summed E-state index contributed by atoms with van der Waals surface area (Å²) in [5.74, 6) is -0.332. The molecule has 86 valence electrons. The second-order valence-corrected chi connectivity index (χ2v) is 3.48. The Labute approximate surface area is 94.4 Å². The van der Waals surface area contributed by atoms with Gasteiger partial charge in [0.1, 0.15) is 12.9 Å². The van der Waals surface area contributed by atoms with Crippen molar-refractivity contribution in [2.24, 2.45) is 5.73 Å². The molecule has 0 fully saturated rings. The maximum absolute atomic E-state index is 11.2. The Bertz CT molecular complexity index is 337. The summed E-state index contributed by atoms with van der Waals surface area (Å²) in [6, 6.07) is 8.84. The van der Waals surface area contributed by atoms with Crippen LogP contribution in [0.3, 0.4) is 0 Å². The molecule has 1 aromatic carbocycles. The first-order chi connectivity index (χ1) is 7.72. The minimum Gasteiger partial charge on any atom is -0.461 e. The van der Waals surface area contributed by atoms with Crippen LogP contribution in [-0.4, -0.2) is 18.3 Å². The highest BCUT2D eigenvalue weighted by atomic mass is 16.5. The van der Waals surface area contributed by atoms with E-state index in [0.717, 1.165) is 5.56 Å². The number of benzene rings is 1. The first-order valence-corrected chi connectivity index (χ1v) is 5.13. The monoisotopic (exact) mass is 221 g/mol. The Balaban J connectivity index is 2.23. The molecule has 0 aliphatic carbocycles. The van der Waals surface area contributed by atoms with Gasteiger partial charge in [0, 0.05) is 6.42 Å². The maximum atomic E-state index is 11.2. The van der Waals surface area contributed by atoms with Gasteiger partial charge in [0.15, 0.2) is 0 Å². The van der Waals surface area contributed by atoms with Gasteiger partial charge in [-0.25, -0.2) is 0 Å². The third kappa shape index (κ3) is 4.70. The molecule has 1 atom stereocenters. The maximum Gasteiger partial charge on any atom is 0.306 e. The molecule has 0 saturated carbocycles. The Morgan fingerprint density at radius 2 is 2.06 bits per heavy atom. The Kier molecular flexibility index (Phi) is 5.22. The predicted octanol–water partition coefficient (Wildman–Crippen LogP) is 1.04. The molecule has 2 N–H and O–H groups in total. The Hall–Kier alpha value is -1.68. The molecule has 0 heterocycles. The lowest BCUT2D eigenvalue weighted by molar-refractivity contribution is -0.145. The van der Waals surface area contributed by atoms with E-state index in [1.807, 2.05) is 30.3 Å². The molecule has 16 heavy (non-hydrogen) atoms. The zero-order chi connectivity index (χ0) is 11.8. The van der Waals surface area contributed by atoms with Crippen molar-refractivity contribution in [3.8, 4) is 0 Å². The first kappa shape index (κ1) is 12.4. The zero-order valence-electron chi connectivity index (χ0n) is 8.96. The molecule has 0 spiro atoms.